The summed E-state index contributed by atoms with van der Waals surface area (Å²) in [5.41, 5.74) is 5.08. The molecular formula is C31H43N3O4. The second-order valence-corrected chi connectivity index (χ2v) is 8.97. The Morgan fingerprint density at radius 3 is 2.05 bits per heavy atom. The minimum absolute atomic E-state index is 0.182. The molecule has 2 rings (SSSR count). The van der Waals surface area contributed by atoms with Gasteiger partial charge in [0.25, 0.3) is 0 Å². The summed E-state index contributed by atoms with van der Waals surface area (Å²) in [4.78, 5) is 27.7. The molecule has 0 radical (unpaired) electrons. The van der Waals surface area contributed by atoms with E-state index in [9.17, 15) is 9.59 Å². The van der Waals surface area contributed by atoms with E-state index in [1.807, 2.05) is 6.08 Å². The molecule has 2 unspecified atom stereocenters. The van der Waals surface area contributed by atoms with Crippen molar-refractivity contribution < 1.29 is 14.3 Å². The second kappa shape index (κ2) is 19.6. The number of allylic oxidation sites excluding steroid dienone is 12. The number of carbonyl (C=O) groups excluding carboxylic acids is 1. The van der Waals surface area contributed by atoms with Crippen molar-refractivity contribution in [2.75, 3.05) is 12.3 Å². The van der Waals surface area contributed by atoms with Crippen molar-refractivity contribution in [1.82, 2.24) is 9.55 Å². The van der Waals surface area contributed by atoms with E-state index in [-0.39, 0.29) is 24.5 Å². The van der Waals surface area contributed by atoms with Crippen LogP contribution in [0.1, 0.15) is 77.4 Å². The molecule has 1 fully saturated rings. The number of rotatable bonds is 17. The monoisotopic (exact) mass is 521 g/mol. The van der Waals surface area contributed by atoms with Gasteiger partial charge in [-0.05, 0) is 63.9 Å². The van der Waals surface area contributed by atoms with Gasteiger partial charge in [0.05, 0.1) is 6.10 Å². The zero-order chi connectivity index (χ0) is 27.3. The van der Waals surface area contributed by atoms with E-state index >= 15 is 0 Å². The van der Waals surface area contributed by atoms with Gasteiger partial charge < -0.3 is 15.2 Å². The SMILES string of the molecule is CCC=CCC=CCC=CCC=CCC=CCC=CCCC(=O)OCC1CCC(n2ccc(N)nc2=O)O1. The Bertz CT molecular complexity index is 1050. The predicted octanol–water partition coefficient (Wildman–Crippen LogP) is 6.52. The van der Waals surface area contributed by atoms with Crippen LogP contribution in [-0.4, -0.2) is 28.2 Å². The lowest BCUT2D eigenvalue weighted by Crippen LogP contribution is -2.28. The molecule has 7 heteroatoms. The lowest BCUT2D eigenvalue weighted by atomic mass is 10.2. The zero-order valence-electron chi connectivity index (χ0n) is 22.6. The lowest BCUT2D eigenvalue weighted by molar-refractivity contribution is -0.148. The van der Waals surface area contributed by atoms with Gasteiger partial charge in [0.1, 0.15) is 18.7 Å². The predicted molar refractivity (Wildman–Crippen MR) is 154 cm³/mol. The van der Waals surface area contributed by atoms with Crippen LogP contribution in [0.5, 0.6) is 0 Å². The highest BCUT2D eigenvalue weighted by Gasteiger charge is 2.28. The molecule has 0 aliphatic carbocycles. The lowest BCUT2D eigenvalue weighted by Gasteiger charge is -2.15. The maximum Gasteiger partial charge on any atom is 0.351 e. The standard InChI is InChI=1S/C31H43N3O4/c1-2-3-4-5-6-7-8-9-10-11-12-13-14-15-16-17-18-19-20-21-30(35)37-26-27-22-23-29(38-27)34-25-24-28(32)33-31(34)36/h3-4,6-7,9-10,12-13,15-16,18-19,24-25,27,29H,2,5,8,11,14,17,20-23,26H2,1H3,(H2,32,33,36). The highest BCUT2D eigenvalue weighted by atomic mass is 16.6. The fourth-order valence-electron chi connectivity index (χ4n) is 3.76. The van der Waals surface area contributed by atoms with E-state index in [0.717, 1.165) is 38.5 Å². The molecule has 0 spiro atoms. The highest BCUT2D eigenvalue weighted by Crippen LogP contribution is 2.27. The number of hydrogen-bond donors (Lipinski definition) is 1. The average molecular weight is 522 g/mol. The summed E-state index contributed by atoms with van der Waals surface area (Å²) in [5, 5.41) is 0. The van der Waals surface area contributed by atoms with Gasteiger partial charge in [-0.1, -0.05) is 79.8 Å². The molecule has 2 N–H and O–H groups in total. The first-order valence-corrected chi connectivity index (χ1v) is 13.7. The molecule has 1 aromatic rings. The van der Waals surface area contributed by atoms with Crippen LogP contribution in [0.3, 0.4) is 0 Å². The summed E-state index contributed by atoms with van der Waals surface area (Å²) in [6, 6.07) is 1.56. The number of nitrogens with two attached hydrogens (primary N) is 1. The van der Waals surface area contributed by atoms with Crippen molar-refractivity contribution in [2.45, 2.75) is 83.5 Å². The van der Waals surface area contributed by atoms with E-state index in [4.69, 9.17) is 15.2 Å². The van der Waals surface area contributed by atoms with E-state index < -0.39 is 11.9 Å². The first kappa shape index (κ1) is 30.8. The summed E-state index contributed by atoms with van der Waals surface area (Å²) in [6.45, 7) is 2.34. The molecule has 1 aromatic heterocycles. The molecule has 38 heavy (non-hydrogen) atoms. The number of ether oxygens (including phenoxy) is 2. The largest absolute Gasteiger partial charge is 0.463 e. The van der Waals surface area contributed by atoms with Gasteiger partial charge in [-0.2, -0.15) is 4.98 Å². The van der Waals surface area contributed by atoms with Crippen molar-refractivity contribution in [3.63, 3.8) is 0 Å². The molecule has 7 nitrogen and oxygen atoms in total. The van der Waals surface area contributed by atoms with Crippen LogP contribution in [0.15, 0.2) is 90.0 Å². The van der Waals surface area contributed by atoms with Crippen LogP contribution >= 0.6 is 0 Å². The minimum Gasteiger partial charge on any atom is -0.463 e. The zero-order valence-corrected chi connectivity index (χ0v) is 22.6. The fraction of sp³-hybridized carbons (Fsp3) is 0.452. The van der Waals surface area contributed by atoms with Gasteiger partial charge in [-0.15, -0.1) is 0 Å². The first-order chi connectivity index (χ1) is 18.6. The highest BCUT2D eigenvalue weighted by molar-refractivity contribution is 5.69. The van der Waals surface area contributed by atoms with Crippen molar-refractivity contribution >= 4 is 11.8 Å². The van der Waals surface area contributed by atoms with E-state index in [1.54, 1.807) is 12.3 Å². The van der Waals surface area contributed by atoms with Crippen molar-refractivity contribution in [2.24, 2.45) is 0 Å². The quantitative estimate of drug-likeness (QED) is 0.185. The third-order valence-corrected chi connectivity index (χ3v) is 5.79. The summed E-state index contributed by atoms with van der Waals surface area (Å²) in [6.07, 6.45) is 35.0. The minimum atomic E-state index is -0.441. The number of carbonyl (C=O) groups is 1. The molecule has 2 atom stereocenters. The van der Waals surface area contributed by atoms with Gasteiger partial charge in [0.2, 0.25) is 0 Å². The van der Waals surface area contributed by atoms with Gasteiger partial charge in [0.15, 0.2) is 0 Å². The Morgan fingerprint density at radius 1 is 0.947 bits per heavy atom. The summed E-state index contributed by atoms with van der Waals surface area (Å²) < 4.78 is 12.6. The van der Waals surface area contributed by atoms with Gasteiger partial charge in [0, 0.05) is 12.6 Å². The molecule has 206 valence electrons. The number of esters is 1. The number of anilines is 1. The maximum absolute atomic E-state index is 12.0. The number of aromatic nitrogens is 2. The molecule has 1 aliphatic heterocycles. The summed E-state index contributed by atoms with van der Waals surface area (Å²) in [7, 11) is 0. The van der Waals surface area contributed by atoms with Crippen LogP contribution in [0.25, 0.3) is 0 Å². The number of hydrogen-bond acceptors (Lipinski definition) is 6. The molecular weight excluding hydrogens is 478 g/mol. The summed E-state index contributed by atoms with van der Waals surface area (Å²) in [5.74, 6) is -0.0652. The van der Waals surface area contributed by atoms with E-state index in [2.05, 4.69) is 78.7 Å². The second-order valence-electron chi connectivity index (χ2n) is 8.97. The molecule has 2 heterocycles. The topological polar surface area (TPSA) is 96.4 Å². The third-order valence-electron chi connectivity index (χ3n) is 5.79. The van der Waals surface area contributed by atoms with Crippen LogP contribution in [0, 0.1) is 0 Å². The Labute approximate surface area is 227 Å². The number of nitrogen functional groups attached to an aromatic ring is 1. The van der Waals surface area contributed by atoms with Crippen molar-refractivity contribution in [1.29, 1.82) is 0 Å². The van der Waals surface area contributed by atoms with Gasteiger partial charge >= 0.3 is 11.7 Å². The molecule has 0 amide bonds. The Morgan fingerprint density at radius 2 is 1.50 bits per heavy atom. The molecule has 1 saturated heterocycles. The van der Waals surface area contributed by atoms with Gasteiger partial charge in [-0.25, -0.2) is 4.79 Å². The average Bonchev–Trinajstić information content (AvgIpc) is 3.37. The van der Waals surface area contributed by atoms with E-state index in [1.165, 1.54) is 4.57 Å². The van der Waals surface area contributed by atoms with Crippen LogP contribution in [0.2, 0.25) is 0 Å². The Kier molecular flexibility index (Phi) is 15.9. The van der Waals surface area contributed by atoms with Crippen molar-refractivity contribution in [3.8, 4) is 0 Å². The molecule has 0 aromatic carbocycles. The fourth-order valence-corrected chi connectivity index (χ4v) is 3.76. The first-order valence-electron chi connectivity index (χ1n) is 13.7. The van der Waals surface area contributed by atoms with Crippen LogP contribution in [0.4, 0.5) is 5.82 Å². The smallest absolute Gasteiger partial charge is 0.351 e. The molecule has 0 bridgehead atoms. The number of nitrogens with zero attached hydrogens (tertiary/aromatic N) is 2. The van der Waals surface area contributed by atoms with Gasteiger partial charge in [-0.3, -0.25) is 9.36 Å². The maximum atomic E-state index is 12.0. The van der Waals surface area contributed by atoms with Crippen LogP contribution < -0.4 is 11.4 Å². The Hall–Kier alpha value is -3.45. The summed E-state index contributed by atoms with van der Waals surface area (Å²) >= 11 is 0. The van der Waals surface area contributed by atoms with E-state index in [0.29, 0.717) is 25.7 Å². The normalized spacial score (nSPS) is 18.4. The third kappa shape index (κ3) is 13.7. The van der Waals surface area contributed by atoms with Crippen molar-refractivity contribution in [3.05, 3.63) is 95.7 Å². The molecule has 0 saturated carbocycles. The van der Waals surface area contributed by atoms with Crippen LogP contribution in [-0.2, 0) is 14.3 Å². The molecule has 1 aliphatic rings. The Balaban J connectivity index is 1.46.